The molecular formula is C17H27NO5. The van der Waals surface area contributed by atoms with Crippen molar-refractivity contribution in [1.82, 2.24) is 0 Å². The van der Waals surface area contributed by atoms with Crippen molar-refractivity contribution in [2.75, 3.05) is 13.7 Å². The van der Waals surface area contributed by atoms with E-state index in [1.54, 1.807) is 6.08 Å². The molecule has 1 heterocycles. The molecule has 0 N–H and O–H groups in total. The maximum Gasteiger partial charge on any atom is 0.330 e. The lowest BCUT2D eigenvalue weighted by molar-refractivity contribution is -0.773. The molecule has 23 heavy (non-hydrogen) atoms. The normalized spacial score (nSPS) is 27.1. The maximum atomic E-state index is 12.2. The SMILES string of the molecule is CCCCO[C@@H]1C[C@@H]2CC[C@H](CC/C=C/C(=O)OC)C2=[N+]([O-])O1. The van der Waals surface area contributed by atoms with Crippen LogP contribution >= 0.6 is 0 Å². The van der Waals surface area contributed by atoms with Gasteiger partial charge in [0.15, 0.2) is 6.29 Å². The summed E-state index contributed by atoms with van der Waals surface area (Å²) in [5, 5.41) is 12.2. The van der Waals surface area contributed by atoms with Crippen molar-refractivity contribution in [3.63, 3.8) is 0 Å². The van der Waals surface area contributed by atoms with E-state index in [1.165, 1.54) is 13.2 Å². The second kappa shape index (κ2) is 8.91. The van der Waals surface area contributed by atoms with Crippen molar-refractivity contribution >= 4 is 11.7 Å². The van der Waals surface area contributed by atoms with Crippen molar-refractivity contribution < 1.29 is 24.0 Å². The number of hydrogen-bond acceptors (Lipinski definition) is 5. The summed E-state index contributed by atoms with van der Waals surface area (Å²) in [7, 11) is 1.36. The number of nitrogens with zero attached hydrogens (tertiary/aromatic N) is 1. The van der Waals surface area contributed by atoms with Crippen molar-refractivity contribution in [2.45, 2.75) is 58.2 Å². The topological polar surface area (TPSA) is 70.8 Å². The van der Waals surface area contributed by atoms with Crippen LogP contribution in [0.2, 0.25) is 0 Å². The first-order valence-corrected chi connectivity index (χ1v) is 8.52. The van der Waals surface area contributed by atoms with Gasteiger partial charge in [-0.3, -0.25) is 5.21 Å². The average molecular weight is 325 g/mol. The summed E-state index contributed by atoms with van der Waals surface area (Å²) in [6.45, 7) is 2.74. The molecule has 0 unspecified atom stereocenters. The van der Waals surface area contributed by atoms with Gasteiger partial charge in [0.25, 0.3) is 0 Å². The van der Waals surface area contributed by atoms with Gasteiger partial charge in [-0.15, -0.1) is 0 Å². The third-order valence-electron chi connectivity index (χ3n) is 4.54. The Morgan fingerprint density at radius 2 is 2.30 bits per heavy atom. The minimum absolute atomic E-state index is 0.233. The fourth-order valence-corrected chi connectivity index (χ4v) is 3.31. The highest BCUT2D eigenvalue weighted by Crippen LogP contribution is 2.37. The lowest BCUT2D eigenvalue weighted by Gasteiger charge is -2.28. The zero-order valence-corrected chi connectivity index (χ0v) is 14.0. The predicted molar refractivity (Wildman–Crippen MR) is 85.6 cm³/mol. The number of fused-ring (bicyclic) bond motifs is 1. The fourth-order valence-electron chi connectivity index (χ4n) is 3.31. The van der Waals surface area contributed by atoms with Crippen LogP contribution in [0.25, 0.3) is 0 Å². The molecule has 0 amide bonds. The molecule has 0 aromatic heterocycles. The van der Waals surface area contributed by atoms with Crippen molar-refractivity contribution in [3.8, 4) is 0 Å². The lowest BCUT2D eigenvalue weighted by Crippen LogP contribution is -2.38. The van der Waals surface area contributed by atoms with E-state index < -0.39 is 6.29 Å². The van der Waals surface area contributed by atoms with E-state index in [9.17, 15) is 10.0 Å². The van der Waals surface area contributed by atoms with Gasteiger partial charge in [0.1, 0.15) is 0 Å². The Kier molecular flexibility index (Phi) is 6.89. The minimum atomic E-state index is -0.411. The third kappa shape index (κ3) is 4.96. The Morgan fingerprint density at radius 3 is 3.04 bits per heavy atom. The van der Waals surface area contributed by atoms with Gasteiger partial charge in [-0.25, -0.2) is 4.79 Å². The molecule has 6 nitrogen and oxygen atoms in total. The summed E-state index contributed by atoms with van der Waals surface area (Å²) >= 11 is 0. The number of carbonyl (C=O) groups excluding carboxylic acids is 1. The number of methoxy groups -OCH3 is 1. The molecule has 3 atom stereocenters. The van der Waals surface area contributed by atoms with E-state index in [2.05, 4.69) is 11.7 Å². The molecule has 1 aliphatic carbocycles. The van der Waals surface area contributed by atoms with Crippen molar-refractivity contribution in [1.29, 1.82) is 0 Å². The summed E-state index contributed by atoms with van der Waals surface area (Å²) in [5.74, 6) is 0.152. The molecule has 1 saturated carbocycles. The standard InChI is InChI=1S/C17H27NO5/c1-3-4-11-22-16-12-14-10-9-13(17(14)18(20)23-16)7-5-6-8-15(19)21-2/h6,8,13-14,16H,3-5,7,9-12H2,1-2H3/b8-6+/t13-,14-,16-/m0/s1. The zero-order valence-electron chi connectivity index (χ0n) is 14.0. The van der Waals surface area contributed by atoms with E-state index >= 15 is 0 Å². The molecule has 0 spiro atoms. The Morgan fingerprint density at radius 1 is 1.48 bits per heavy atom. The monoisotopic (exact) mass is 325 g/mol. The summed E-state index contributed by atoms with van der Waals surface area (Å²) in [4.78, 5) is 17.1. The van der Waals surface area contributed by atoms with Crippen LogP contribution in [0.1, 0.15) is 51.9 Å². The van der Waals surface area contributed by atoms with Gasteiger partial charge < -0.3 is 14.3 Å². The van der Waals surface area contributed by atoms with Gasteiger partial charge in [0, 0.05) is 35.8 Å². The molecule has 0 aromatic carbocycles. The van der Waals surface area contributed by atoms with Crippen LogP contribution in [-0.4, -0.2) is 36.6 Å². The summed E-state index contributed by atoms with van der Waals surface area (Å²) < 4.78 is 10.2. The van der Waals surface area contributed by atoms with E-state index in [4.69, 9.17) is 9.57 Å². The molecule has 1 fully saturated rings. The van der Waals surface area contributed by atoms with Crippen LogP contribution in [0.5, 0.6) is 0 Å². The first-order chi connectivity index (χ1) is 11.2. The number of rotatable bonds is 8. The quantitative estimate of drug-likeness (QED) is 0.297. The van der Waals surface area contributed by atoms with Crippen LogP contribution in [0.4, 0.5) is 0 Å². The smallest absolute Gasteiger partial charge is 0.330 e. The summed E-state index contributed by atoms with van der Waals surface area (Å²) in [6.07, 6.45) is 9.24. The lowest BCUT2D eigenvalue weighted by atomic mass is 9.94. The molecule has 2 aliphatic rings. The highest BCUT2D eigenvalue weighted by Gasteiger charge is 2.43. The molecular weight excluding hydrogens is 298 g/mol. The number of ether oxygens (including phenoxy) is 2. The fraction of sp³-hybridized carbons (Fsp3) is 0.765. The van der Waals surface area contributed by atoms with Crippen LogP contribution in [0, 0.1) is 17.0 Å². The summed E-state index contributed by atoms with van der Waals surface area (Å²) in [5.41, 5.74) is 0.854. The maximum absolute atomic E-state index is 12.2. The summed E-state index contributed by atoms with van der Waals surface area (Å²) in [6, 6.07) is 0. The molecule has 1 aliphatic heterocycles. The molecule has 2 rings (SSSR count). The predicted octanol–water partition coefficient (Wildman–Crippen LogP) is 2.95. The second-order valence-corrected chi connectivity index (χ2v) is 6.15. The first kappa shape index (κ1) is 17.8. The van der Waals surface area contributed by atoms with E-state index in [0.29, 0.717) is 11.5 Å². The third-order valence-corrected chi connectivity index (χ3v) is 4.54. The van der Waals surface area contributed by atoms with E-state index in [-0.39, 0.29) is 17.8 Å². The van der Waals surface area contributed by atoms with Gasteiger partial charge in [-0.05, 0) is 32.1 Å². The minimum Gasteiger partial charge on any atom is -0.466 e. The molecule has 0 saturated heterocycles. The Balaban J connectivity index is 1.85. The largest absolute Gasteiger partial charge is 0.466 e. The Bertz CT molecular complexity index is 460. The highest BCUT2D eigenvalue weighted by molar-refractivity contribution is 5.86. The zero-order chi connectivity index (χ0) is 16.7. The van der Waals surface area contributed by atoms with Gasteiger partial charge in [-0.1, -0.05) is 19.4 Å². The van der Waals surface area contributed by atoms with Gasteiger partial charge in [-0.2, -0.15) is 0 Å². The number of carbonyl (C=O) groups is 1. The Labute approximate surface area is 137 Å². The van der Waals surface area contributed by atoms with Crippen molar-refractivity contribution in [3.05, 3.63) is 17.4 Å². The molecule has 6 heteroatoms. The number of hydrogen-bond donors (Lipinski definition) is 0. The van der Waals surface area contributed by atoms with Crippen LogP contribution < -0.4 is 0 Å². The average Bonchev–Trinajstić information content (AvgIpc) is 2.95. The van der Waals surface area contributed by atoms with Gasteiger partial charge in [0.2, 0.25) is 5.71 Å². The molecule has 0 radical (unpaired) electrons. The second-order valence-electron chi connectivity index (χ2n) is 6.15. The number of esters is 1. The molecule has 130 valence electrons. The Hall–Kier alpha value is -1.56. The number of allylic oxidation sites excluding steroid dienone is 1. The van der Waals surface area contributed by atoms with E-state index in [0.717, 1.165) is 50.7 Å². The van der Waals surface area contributed by atoms with Gasteiger partial charge in [0.05, 0.1) is 7.11 Å². The van der Waals surface area contributed by atoms with E-state index in [1.807, 2.05) is 0 Å². The molecule has 0 bridgehead atoms. The van der Waals surface area contributed by atoms with Crippen molar-refractivity contribution in [2.24, 2.45) is 11.8 Å². The first-order valence-electron chi connectivity index (χ1n) is 8.52. The van der Waals surface area contributed by atoms with Crippen LogP contribution in [0.3, 0.4) is 0 Å². The number of unbranched alkanes of at least 4 members (excludes halogenated alkanes) is 1. The van der Waals surface area contributed by atoms with Crippen LogP contribution in [-0.2, 0) is 19.1 Å². The van der Waals surface area contributed by atoms with Gasteiger partial charge >= 0.3 is 5.97 Å². The van der Waals surface area contributed by atoms with Crippen LogP contribution in [0.15, 0.2) is 12.2 Å². The highest BCUT2D eigenvalue weighted by atomic mass is 16.9. The molecule has 0 aromatic rings.